The second kappa shape index (κ2) is 14.5. The maximum Gasteiger partial charge on any atom is 0.272 e. The Balaban J connectivity index is 1.30. The average Bonchev–Trinajstić information content (AvgIpc) is 3.36. The SMILES string of the molecule is COc1ccc(N2C(=O)CC(Sc3ccc(NC(=O)/C(=C/c4ccc(OC)c(OC)c4)NC(=O)c4ccccc4)cc3)C2=O)cc1. The summed E-state index contributed by atoms with van der Waals surface area (Å²) in [6.45, 7) is 0. The van der Waals surface area contributed by atoms with Gasteiger partial charge in [-0.2, -0.15) is 0 Å². The third-order valence-corrected chi connectivity index (χ3v) is 8.27. The summed E-state index contributed by atoms with van der Waals surface area (Å²) in [5.41, 5.74) is 1.96. The topological polar surface area (TPSA) is 123 Å². The fourth-order valence-electron chi connectivity index (χ4n) is 4.73. The molecule has 1 aliphatic rings. The summed E-state index contributed by atoms with van der Waals surface area (Å²) in [5, 5.41) is 4.95. The van der Waals surface area contributed by atoms with E-state index in [1.807, 2.05) is 0 Å². The summed E-state index contributed by atoms with van der Waals surface area (Å²) in [7, 11) is 4.58. The van der Waals surface area contributed by atoms with Crippen molar-refractivity contribution in [1.29, 1.82) is 0 Å². The van der Waals surface area contributed by atoms with Gasteiger partial charge in [0.1, 0.15) is 11.4 Å². The van der Waals surface area contributed by atoms with E-state index in [2.05, 4.69) is 10.6 Å². The molecule has 4 aromatic rings. The average molecular weight is 638 g/mol. The molecule has 10 nitrogen and oxygen atoms in total. The number of hydrogen-bond acceptors (Lipinski definition) is 8. The largest absolute Gasteiger partial charge is 0.497 e. The zero-order chi connectivity index (χ0) is 32.6. The minimum absolute atomic E-state index is 0.00760. The number of nitrogens with zero attached hydrogens (tertiary/aromatic N) is 1. The number of nitrogens with one attached hydrogen (secondary N) is 2. The van der Waals surface area contributed by atoms with Crippen LogP contribution in [0.5, 0.6) is 17.2 Å². The maximum absolute atomic E-state index is 13.5. The zero-order valence-corrected chi connectivity index (χ0v) is 26.1. The predicted molar refractivity (Wildman–Crippen MR) is 176 cm³/mol. The molecule has 1 saturated heterocycles. The second-order valence-corrected chi connectivity index (χ2v) is 11.3. The van der Waals surface area contributed by atoms with Gasteiger partial charge in [0, 0.05) is 22.6 Å². The van der Waals surface area contributed by atoms with Crippen molar-refractivity contribution < 1.29 is 33.4 Å². The Morgan fingerprint density at radius 2 is 1.52 bits per heavy atom. The minimum atomic E-state index is -0.584. The van der Waals surface area contributed by atoms with Crippen molar-refractivity contribution in [3.8, 4) is 17.2 Å². The molecule has 2 N–H and O–H groups in total. The third-order valence-electron chi connectivity index (χ3n) is 7.07. The van der Waals surface area contributed by atoms with Gasteiger partial charge in [-0.05, 0) is 84.4 Å². The van der Waals surface area contributed by atoms with Crippen LogP contribution in [0.15, 0.2) is 108 Å². The lowest BCUT2D eigenvalue weighted by atomic mass is 10.1. The Bertz CT molecular complexity index is 1770. The van der Waals surface area contributed by atoms with Gasteiger partial charge >= 0.3 is 0 Å². The van der Waals surface area contributed by atoms with E-state index in [-0.39, 0.29) is 23.9 Å². The molecule has 4 aromatic carbocycles. The smallest absolute Gasteiger partial charge is 0.272 e. The van der Waals surface area contributed by atoms with Gasteiger partial charge in [0.2, 0.25) is 11.8 Å². The Kier molecular flexibility index (Phi) is 10.0. The van der Waals surface area contributed by atoms with Crippen LogP contribution in [0.25, 0.3) is 6.08 Å². The molecule has 1 fully saturated rings. The Morgan fingerprint density at radius 1 is 0.826 bits per heavy atom. The van der Waals surface area contributed by atoms with Crippen LogP contribution in [0.4, 0.5) is 11.4 Å². The molecular formula is C35H31N3O7S. The van der Waals surface area contributed by atoms with Gasteiger partial charge in [0.15, 0.2) is 11.5 Å². The first-order valence-electron chi connectivity index (χ1n) is 14.2. The van der Waals surface area contributed by atoms with E-state index in [9.17, 15) is 19.2 Å². The van der Waals surface area contributed by atoms with Gasteiger partial charge < -0.3 is 24.8 Å². The van der Waals surface area contributed by atoms with Crippen molar-refractivity contribution in [2.24, 2.45) is 0 Å². The lowest BCUT2D eigenvalue weighted by Crippen LogP contribution is -2.31. The highest BCUT2D eigenvalue weighted by atomic mass is 32.2. The molecule has 0 saturated carbocycles. The number of hydrogen-bond donors (Lipinski definition) is 2. The molecule has 5 rings (SSSR count). The molecule has 0 spiro atoms. The highest BCUT2D eigenvalue weighted by Gasteiger charge is 2.40. The van der Waals surface area contributed by atoms with E-state index < -0.39 is 17.1 Å². The number of carbonyl (C=O) groups is 4. The minimum Gasteiger partial charge on any atom is -0.497 e. The van der Waals surface area contributed by atoms with Crippen molar-refractivity contribution in [2.45, 2.75) is 16.6 Å². The molecule has 0 aromatic heterocycles. The number of rotatable bonds is 11. The number of thioether (sulfide) groups is 1. The summed E-state index contributed by atoms with van der Waals surface area (Å²) in [4.78, 5) is 54.2. The number of benzene rings is 4. The Labute approximate surface area is 270 Å². The summed E-state index contributed by atoms with van der Waals surface area (Å²) < 4.78 is 15.8. The molecule has 1 heterocycles. The van der Waals surface area contributed by atoms with E-state index in [0.717, 1.165) is 4.90 Å². The van der Waals surface area contributed by atoms with E-state index in [4.69, 9.17) is 14.2 Å². The van der Waals surface area contributed by atoms with Crippen LogP contribution in [0.1, 0.15) is 22.3 Å². The van der Waals surface area contributed by atoms with Crippen molar-refractivity contribution in [2.75, 3.05) is 31.5 Å². The molecule has 0 bridgehead atoms. The summed E-state index contributed by atoms with van der Waals surface area (Å²) in [5.74, 6) is 0.0459. The van der Waals surface area contributed by atoms with E-state index >= 15 is 0 Å². The van der Waals surface area contributed by atoms with Gasteiger partial charge in [-0.1, -0.05) is 24.3 Å². The molecule has 46 heavy (non-hydrogen) atoms. The van der Waals surface area contributed by atoms with Crippen molar-refractivity contribution in [3.63, 3.8) is 0 Å². The van der Waals surface area contributed by atoms with Crippen molar-refractivity contribution >= 4 is 52.8 Å². The number of anilines is 2. The first-order valence-corrected chi connectivity index (χ1v) is 15.1. The maximum atomic E-state index is 13.5. The van der Waals surface area contributed by atoms with Gasteiger partial charge in [0.05, 0.1) is 32.3 Å². The van der Waals surface area contributed by atoms with Crippen LogP contribution < -0.4 is 29.7 Å². The first kappa shape index (κ1) is 31.9. The van der Waals surface area contributed by atoms with Crippen molar-refractivity contribution in [1.82, 2.24) is 5.32 Å². The summed E-state index contributed by atoms with van der Waals surface area (Å²) in [6.07, 6.45) is 1.61. The lowest BCUT2D eigenvalue weighted by Gasteiger charge is -2.15. The van der Waals surface area contributed by atoms with Crippen molar-refractivity contribution in [3.05, 3.63) is 114 Å². The quantitative estimate of drug-likeness (QED) is 0.162. The molecular weight excluding hydrogens is 606 g/mol. The molecule has 11 heteroatoms. The normalized spacial score (nSPS) is 14.5. The molecule has 0 aliphatic carbocycles. The number of carbonyl (C=O) groups excluding carboxylic acids is 4. The highest BCUT2D eigenvalue weighted by Crippen LogP contribution is 2.35. The van der Waals surface area contributed by atoms with Gasteiger partial charge in [-0.15, -0.1) is 11.8 Å². The van der Waals surface area contributed by atoms with Crippen LogP contribution in [0, 0.1) is 0 Å². The van der Waals surface area contributed by atoms with Crippen LogP contribution in [0.3, 0.4) is 0 Å². The Hall–Kier alpha value is -5.55. The molecule has 1 unspecified atom stereocenters. The Morgan fingerprint density at radius 3 is 2.17 bits per heavy atom. The monoisotopic (exact) mass is 637 g/mol. The van der Waals surface area contributed by atoms with Gasteiger partial charge in [0.25, 0.3) is 11.8 Å². The van der Waals surface area contributed by atoms with E-state index in [1.54, 1.807) is 110 Å². The summed E-state index contributed by atoms with van der Waals surface area (Å²) >= 11 is 1.28. The predicted octanol–water partition coefficient (Wildman–Crippen LogP) is 5.55. The van der Waals surface area contributed by atoms with Crippen LogP contribution in [-0.2, 0) is 14.4 Å². The number of methoxy groups -OCH3 is 3. The van der Waals surface area contributed by atoms with Crippen LogP contribution >= 0.6 is 11.8 Å². The lowest BCUT2D eigenvalue weighted by molar-refractivity contribution is -0.121. The number of imide groups is 1. The second-order valence-electron chi connectivity index (χ2n) is 10.0. The zero-order valence-electron chi connectivity index (χ0n) is 25.3. The fourth-order valence-corrected chi connectivity index (χ4v) is 5.78. The van der Waals surface area contributed by atoms with Gasteiger partial charge in [-0.3, -0.25) is 19.2 Å². The molecule has 1 atom stereocenters. The summed E-state index contributed by atoms with van der Waals surface area (Å²) in [6, 6.07) is 27.3. The number of amides is 4. The fraction of sp³-hybridized carbons (Fsp3) is 0.143. The first-order chi connectivity index (χ1) is 22.3. The standard InChI is InChI=1S/C35H31N3O7S/c1-43-26-14-12-25(13-15-26)38-32(39)21-31(35(38)42)46-27-16-10-24(11-17-27)36-34(41)28(37-33(40)23-7-5-4-6-8-23)19-22-9-18-29(44-2)30(20-22)45-3/h4-20,31H,21H2,1-3H3,(H,36,41)(H,37,40)/b28-19-. The van der Waals surface area contributed by atoms with E-state index in [0.29, 0.717) is 39.8 Å². The van der Waals surface area contributed by atoms with E-state index in [1.165, 1.54) is 30.9 Å². The molecule has 4 amide bonds. The molecule has 1 aliphatic heterocycles. The van der Waals surface area contributed by atoms with Crippen LogP contribution in [-0.4, -0.2) is 50.2 Å². The number of ether oxygens (including phenoxy) is 3. The molecule has 234 valence electrons. The third kappa shape index (κ3) is 7.39. The van der Waals surface area contributed by atoms with Gasteiger partial charge in [-0.25, -0.2) is 4.90 Å². The highest BCUT2D eigenvalue weighted by molar-refractivity contribution is 8.00. The molecule has 0 radical (unpaired) electrons. The van der Waals surface area contributed by atoms with Crippen LogP contribution in [0.2, 0.25) is 0 Å².